The third-order valence-corrected chi connectivity index (χ3v) is 0.400. The van der Waals surface area contributed by atoms with Crippen molar-refractivity contribution in [2.24, 2.45) is 0 Å². The summed E-state index contributed by atoms with van der Waals surface area (Å²) >= 11 is 0. The molecule has 7 heteroatoms. The smallest absolute Gasteiger partial charge is 1.00 e. The van der Waals surface area contributed by atoms with E-state index in [0.29, 0.717) is 0 Å². The van der Waals surface area contributed by atoms with Crippen molar-refractivity contribution < 1.29 is 139 Å². The predicted molar refractivity (Wildman–Crippen MR) is 27.4 cm³/mol. The molecule has 0 saturated carbocycles. The number of Topliss-reactive ketones (excluding diaryl/α,β-unsaturated/α-hetero) is 1. The Morgan fingerprint density at radius 2 is 1.45 bits per heavy atom. The molecule has 0 aliphatic carbocycles. The topological polar surface area (TPSA) is 54.4 Å². The minimum Gasteiger partial charge on any atom is -1.00 e. The maximum atomic E-state index is 9.87. The van der Waals surface area contributed by atoms with Crippen LogP contribution in [0.4, 0.5) is 0 Å². The van der Waals surface area contributed by atoms with Crippen molar-refractivity contribution in [1.82, 2.24) is 0 Å². The van der Waals surface area contributed by atoms with Crippen LogP contribution >= 0.6 is 0 Å². The Morgan fingerprint density at radius 3 is 1.45 bits per heavy atom. The number of hydrogen-bond acceptors (Lipinski definition) is 2. The number of aliphatic carboxylic acids is 1. The first-order valence-corrected chi connectivity index (χ1v) is 1.84. The van der Waals surface area contributed by atoms with Gasteiger partial charge in [0.25, 0.3) is 0 Å². The monoisotopic (exact) mass is 198 g/mol. The number of carboxylic acids is 1. The number of hydrogen-bond donors (Lipinski definition) is 1. The molecule has 0 radical (unpaired) electrons. The van der Waals surface area contributed by atoms with Crippen molar-refractivity contribution >= 4 is 11.8 Å². The van der Waals surface area contributed by atoms with Gasteiger partial charge in [0.1, 0.15) is 12.2 Å². The summed E-state index contributed by atoms with van der Waals surface area (Å²) in [7, 11) is 0. The van der Waals surface area contributed by atoms with Crippen molar-refractivity contribution in [1.29, 1.82) is 0 Å². The first-order valence-electron chi connectivity index (χ1n) is 1.84. The summed E-state index contributed by atoms with van der Waals surface area (Å²) in [5.74, 6) is -1.37. The standard InChI is InChI=1S/C4H6O3.4Na.4H/c1-3(5)2-4(6)7;;;;;;;;/h2H2,1H3,(H,6,7);;;;;;;;/q;4*+1;4*-1. The number of ketones is 1. The van der Waals surface area contributed by atoms with Gasteiger partial charge in [0, 0.05) is 0 Å². The van der Waals surface area contributed by atoms with Crippen LogP contribution < -0.4 is 118 Å². The number of carbonyl (C=O) groups is 2. The van der Waals surface area contributed by atoms with Gasteiger partial charge in [-0.2, -0.15) is 0 Å². The van der Waals surface area contributed by atoms with Crippen molar-refractivity contribution in [3.8, 4) is 0 Å². The van der Waals surface area contributed by atoms with Gasteiger partial charge in [-0.1, -0.05) is 0 Å². The molecular weight excluding hydrogens is 188 g/mol. The van der Waals surface area contributed by atoms with Gasteiger partial charge >= 0.3 is 124 Å². The van der Waals surface area contributed by atoms with E-state index < -0.39 is 5.97 Å². The molecule has 0 fully saturated rings. The summed E-state index contributed by atoms with van der Waals surface area (Å²) in [6, 6.07) is 0. The van der Waals surface area contributed by atoms with Gasteiger partial charge in [-0.05, 0) is 6.92 Å². The average molecular weight is 198 g/mol. The SMILES string of the molecule is CC(=O)CC(=O)O.[H-].[H-].[H-].[H-].[Na+].[Na+].[Na+].[Na+]. The molecular formula is C4H10Na4O3. The van der Waals surface area contributed by atoms with Crippen LogP contribution in [-0.4, -0.2) is 16.9 Å². The Balaban J connectivity index is -0.00000000643. The Morgan fingerprint density at radius 1 is 1.18 bits per heavy atom. The van der Waals surface area contributed by atoms with Crippen molar-refractivity contribution in [2.75, 3.05) is 0 Å². The second kappa shape index (κ2) is 18.8. The van der Waals surface area contributed by atoms with Crippen LogP contribution in [0.15, 0.2) is 0 Å². The fourth-order valence-corrected chi connectivity index (χ4v) is 0.213. The van der Waals surface area contributed by atoms with E-state index in [1.54, 1.807) is 0 Å². The average Bonchev–Trinajstić information content (AvgIpc) is 1.27. The molecule has 0 aromatic carbocycles. The van der Waals surface area contributed by atoms with Gasteiger partial charge in [0.15, 0.2) is 0 Å². The van der Waals surface area contributed by atoms with Crippen LogP contribution in [0.2, 0.25) is 0 Å². The molecule has 0 bridgehead atoms. The van der Waals surface area contributed by atoms with E-state index in [2.05, 4.69) is 0 Å². The summed E-state index contributed by atoms with van der Waals surface area (Å²) in [5, 5.41) is 7.86. The maximum Gasteiger partial charge on any atom is 1.00 e. The van der Waals surface area contributed by atoms with Gasteiger partial charge in [-0.25, -0.2) is 0 Å². The van der Waals surface area contributed by atoms with E-state index >= 15 is 0 Å². The van der Waals surface area contributed by atoms with Crippen LogP contribution in [0.25, 0.3) is 0 Å². The van der Waals surface area contributed by atoms with Gasteiger partial charge in [0.2, 0.25) is 0 Å². The Hall–Kier alpha value is 3.14. The number of carbonyl (C=O) groups excluding carboxylic acids is 1. The third kappa shape index (κ3) is 32.0. The molecule has 0 heterocycles. The quantitative estimate of drug-likeness (QED) is 0.354. The molecule has 0 aromatic rings. The van der Waals surface area contributed by atoms with Crippen molar-refractivity contribution in [3.63, 3.8) is 0 Å². The molecule has 0 atom stereocenters. The van der Waals surface area contributed by atoms with E-state index in [1.165, 1.54) is 6.92 Å². The van der Waals surface area contributed by atoms with E-state index in [9.17, 15) is 9.59 Å². The zero-order chi connectivity index (χ0) is 5.86. The minimum absolute atomic E-state index is 0. The van der Waals surface area contributed by atoms with Crippen molar-refractivity contribution in [2.45, 2.75) is 13.3 Å². The zero-order valence-corrected chi connectivity index (χ0v) is 16.0. The molecule has 0 rings (SSSR count). The molecule has 0 aliphatic rings. The Kier molecular flexibility index (Phi) is 50.0. The second-order valence-electron chi connectivity index (χ2n) is 1.27. The first-order chi connectivity index (χ1) is 3.13. The molecule has 0 spiro atoms. The summed E-state index contributed by atoms with van der Waals surface area (Å²) in [5.41, 5.74) is 0. The summed E-state index contributed by atoms with van der Waals surface area (Å²) < 4.78 is 0. The maximum absolute atomic E-state index is 9.87. The number of carboxylic acid groups (broad SMARTS) is 1. The predicted octanol–water partition coefficient (Wildman–Crippen LogP) is -11.5. The van der Waals surface area contributed by atoms with Crippen LogP contribution in [0, 0.1) is 0 Å². The molecule has 0 amide bonds. The molecule has 0 saturated heterocycles. The largest absolute Gasteiger partial charge is 1.00 e. The molecule has 1 N–H and O–H groups in total. The Bertz CT molecular complexity index is 106. The van der Waals surface area contributed by atoms with Gasteiger partial charge in [0.05, 0.1) is 0 Å². The van der Waals surface area contributed by atoms with E-state index in [4.69, 9.17) is 5.11 Å². The van der Waals surface area contributed by atoms with Gasteiger partial charge < -0.3 is 10.8 Å². The van der Waals surface area contributed by atoms with Crippen molar-refractivity contribution in [3.05, 3.63) is 0 Å². The first kappa shape index (κ1) is 29.2. The number of rotatable bonds is 2. The normalized spacial score (nSPS) is 5.18. The molecule has 0 aromatic heterocycles. The molecule has 0 aliphatic heterocycles. The zero-order valence-electron chi connectivity index (χ0n) is 12.0. The van der Waals surface area contributed by atoms with Crippen LogP contribution in [-0.2, 0) is 9.59 Å². The van der Waals surface area contributed by atoms with Gasteiger partial charge in [-0.15, -0.1) is 0 Å². The molecule has 3 nitrogen and oxygen atoms in total. The van der Waals surface area contributed by atoms with E-state index in [1.807, 2.05) is 0 Å². The minimum atomic E-state index is -1.06. The Labute approximate surface area is 161 Å². The summed E-state index contributed by atoms with van der Waals surface area (Å²) in [6.07, 6.45) is -0.361. The fourth-order valence-electron chi connectivity index (χ4n) is 0.213. The summed E-state index contributed by atoms with van der Waals surface area (Å²) in [6.45, 7) is 1.24. The van der Waals surface area contributed by atoms with Crippen LogP contribution in [0.5, 0.6) is 0 Å². The van der Waals surface area contributed by atoms with Gasteiger partial charge in [-0.3, -0.25) is 9.59 Å². The second-order valence-corrected chi connectivity index (χ2v) is 1.27. The third-order valence-electron chi connectivity index (χ3n) is 0.400. The van der Waals surface area contributed by atoms with E-state index in [0.717, 1.165) is 0 Å². The van der Waals surface area contributed by atoms with E-state index in [-0.39, 0.29) is 136 Å². The molecule has 48 valence electrons. The molecule has 11 heavy (non-hydrogen) atoms. The molecule has 0 unspecified atom stereocenters. The van der Waals surface area contributed by atoms with Crippen LogP contribution in [0.1, 0.15) is 19.1 Å². The van der Waals surface area contributed by atoms with Crippen LogP contribution in [0.3, 0.4) is 0 Å². The summed E-state index contributed by atoms with van der Waals surface area (Å²) in [4.78, 5) is 19.5. The fraction of sp³-hybridized carbons (Fsp3) is 0.500.